The smallest absolute Gasteiger partial charge is 0.151 e. The second-order valence-electron chi connectivity index (χ2n) is 10.5. The molecule has 0 saturated carbocycles. The summed E-state index contributed by atoms with van der Waals surface area (Å²) in [7, 11) is 0. The van der Waals surface area contributed by atoms with Gasteiger partial charge in [0.1, 0.15) is 0 Å². The van der Waals surface area contributed by atoms with Crippen molar-refractivity contribution < 1.29 is 4.74 Å². The molecule has 0 unspecified atom stereocenters. The van der Waals surface area contributed by atoms with Gasteiger partial charge in [-0.05, 0) is 90.3 Å². The Labute approximate surface area is 231 Å². The zero-order chi connectivity index (χ0) is 26.2. The molecule has 0 aromatic heterocycles. The molecule has 1 aliphatic heterocycles. The second-order valence-corrected chi connectivity index (χ2v) is 10.5. The third kappa shape index (κ3) is 2.88. The number of rotatable bonds is 1. The normalized spacial score (nSPS) is 12.7. The van der Waals surface area contributed by atoms with Crippen LogP contribution < -0.4 is 9.64 Å². The van der Waals surface area contributed by atoms with Gasteiger partial charge in [-0.3, -0.25) is 0 Å². The lowest BCUT2D eigenvalue weighted by molar-refractivity contribution is 0.477. The van der Waals surface area contributed by atoms with Gasteiger partial charge in [0, 0.05) is 5.69 Å². The molecule has 1 heterocycles. The minimum Gasteiger partial charge on any atom is -0.453 e. The molecule has 0 atom stereocenters. The molecule has 8 aromatic carbocycles. The highest BCUT2D eigenvalue weighted by atomic mass is 16.5. The SMILES string of the molecule is c1ccc2c(c1)Oc1ccccc1N2c1ccc2c3ccccc3c3c4ccccc4c4ccccc4c3c2c1. The predicted octanol–water partition coefficient (Wildman–Crippen LogP) is 11.0. The Morgan fingerprint density at radius 2 is 0.750 bits per heavy atom. The zero-order valence-electron chi connectivity index (χ0n) is 21.6. The number of ether oxygens (including phenoxy) is 1. The number of nitrogens with zero attached hydrogens (tertiary/aromatic N) is 1. The van der Waals surface area contributed by atoms with Crippen LogP contribution in [0.25, 0.3) is 53.9 Å². The number of fused-ring (bicyclic) bond motifs is 13. The van der Waals surface area contributed by atoms with Crippen LogP contribution in [0.2, 0.25) is 0 Å². The average Bonchev–Trinajstić information content (AvgIpc) is 3.03. The number of para-hydroxylation sites is 4. The molecule has 2 nitrogen and oxygen atoms in total. The number of hydrogen-bond acceptors (Lipinski definition) is 2. The maximum absolute atomic E-state index is 6.31. The molecule has 0 amide bonds. The van der Waals surface area contributed by atoms with Crippen molar-refractivity contribution >= 4 is 70.9 Å². The summed E-state index contributed by atoms with van der Waals surface area (Å²) >= 11 is 0. The Bertz CT molecular complexity index is 2260. The summed E-state index contributed by atoms with van der Waals surface area (Å²) in [6, 6.07) is 50.1. The molecule has 8 aromatic rings. The molecule has 186 valence electrons. The molecule has 1 aliphatic rings. The highest BCUT2D eigenvalue weighted by Crippen LogP contribution is 2.51. The highest BCUT2D eigenvalue weighted by Gasteiger charge is 2.26. The lowest BCUT2D eigenvalue weighted by Crippen LogP contribution is -2.15. The average molecular weight is 510 g/mol. The summed E-state index contributed by atoms with van der Waals surface area (Å²) in [6.07, 6.45) is 0. The van der Waals surface area contributed by atoms with Crippen LogP contribution in [0, 0.1) is 0 Å². The Kier molecular flexibility index (Phi) is 4.36. The molecule has 0 aliphatic carbocycles. The monoisotopic (exact) mass is 509 g/mol. The van der Waals surface area contributed by atoms with Crippen molar-refractivity contribution in [2.45, 2.75) is 0 Å². The highest BCUT2D eigenvalue weighted by molar-refractivity contribution is 6.39. The Morgan fingerprint density at radius 3 is 1.27 bits per heavy atom. The molecular formula is C38H23NO. The van der Waals surface area contributed by atoms with Gasteiger partial charge >= 0.3 is 0 Å². The van der Waals surface area contributed by atoms with E-state index < -0.39 is 0 Å². The van der Waals surface area contributed by atoms with Gasteiger partial charge in [-0.1, -0.05) is 103 Å². The lowest BCUT2D eigenvalue weighted by Gasteiger charge is -2.33. The van der Waals surface area contributed by atoms with E-state index in [1.807, 2.05) is 24.3 Å². The minimum absolute atomic E-state index is 0.862. The second kappa shape index (κ2) is 8.08. The zero-order valence-corrected chi connectivity index (χ0v) is 21.6. The van der Waals surface area contributed by atoms with E-state index in [0.29, 0.717) is 0 Å². The van der Waals surface area contributed by atoms with Crippen LogP contribution >= 0.6 is 0 Å². The first kappa shape index (κ1) is 21.6. The van der Waals surface area contributed by atoms with Crippen LogP contribution in [0.15, 0.2) is 140 Å². The molecule has 0 bridgehead atoms. The first-order valence-electron chi connectivity index (χ1n) is 13.7. The van der Waals surface area contributed by atoms with Gasteiger partial charge in [0.25, 0.3) is 0 Å². The molecular weight excluding hydrogens is 486 g/mol. The van der Waals surface area contributed by atoms with Gasteiger partial charge < -0.3 is 9.64 Å². The molecule has 0 saturated heterocycles. The van der Waals surface area contributed by atoms with Crippen molar-refractivity contribution in [2.75, 3.05) is 4.90 Å². The third-order valence-electron chi connectivity index (χ3n) is 8.38. The molecule has 0 N–H and O–H groups in total. The molecule has 0 fully saturated rings. The van der Waals surface area contributed by atoms with E-state index in [1.54, 1.807) is 0 Å². The maximum Gasteiger partial charge on any atom is 0.151 e. The van der Waals surface area contributed by atoms with Crippen molar-refractivity contribution in [3.8, 4) is 11.5 Å². The topological polar surface area (TPSA) is 12.5 Å². The van der Waals surface area contributed by atoms with Crippen molar-refractivity contribution in [3.05, 3.63) is 140 Å². The first-order chi connectivity index (χ1) is 19.9. The van der Waals surface area contributed by atoms with Gasteiger partial charge in [-0.2, -0.15) is 0 Å². The summed E-state index contributed by atoms with van der Waals surface area (Å²) in [6.45, 7) is 0. The molecule has 2 heteroatoms. The number of anilines is 3. The van der Waals surface area contributed by atoms with Gasteiger partial charge in [0.2, 0.25) is 0 Å². The fourth-order valence-electron chi connectivity index (χ4n) is 6.73. The Hall–Kier alpha value is -5.34. The number of hydrogen-bond donors (Lipinski definition) is 0. The van der Waals surface area contributed by atoms with Gasteiger partial charge in [-0.15, -0.1) is 0 Å². The quantitative estimate of drug-likeness (QED) is 0.204. The van der Waals surface area contributed by atoms with E-state index >= 15 is 0 Å². The van der Waals surface area contributed by atoms with Crippen LogP contribution in [0.3, 0.4) is 0 Å². The van der Waals surface area contributed by atoms with Crippen LogP contribution in [0.4, 0.5) is 17.1 Å². The van der Waals surface area contributed by atoms with Crippen LogP contribution in [0.5, 0.6) is 11.5 Å². The fraction of sp³-hybridized carbons (Fsp3) is 0. The summed E-state index contributed by atoms with van der Waals surface area (Å²) in [5.74, 6) is 1.72. The van der Waals surface area contributed by atoms with E-state index in [2.05, 4.69) is 120 Å². The van der Waals surface area contributed by atoms with E-state index in [1.165, 1.54) is 53.9 Å². The first-order valence-corrected chi connectivity index (χ1v) is 13.7. The van der Waals surface area contributed by atoms with E-state index in [4.69, 9.17) is 4.74 Å². The van der Waals surface area contributed by atoms with E-state index in [0.717, 1.165) is 28.6 Å². The van der Waals surface area contributed by atoms with Gasteiger partial charge in [-0.25, -0.2) is 0 Å². The standard InChI is InChI=1S/C38H23NO/c1-4-14-29-25(11-1)26-12-2-6-16-31(26)38-32-23-24(21-22-28(32)27-13-3-5-15-30(27)37(29)38)39-33-17-7-9-19-35(33)40-36-20-10-8-18-34(36)39/h1-23H. The van der Waals surface area contributed by atoms with E-state index in [-0.39, 0.29) is 0 Å². The number of benzene rings is 8. The van der Waals surface area contributed by atoms with Crippen LogP contribution in [-0.4, -0.2) is 0 Å². The predicted molar refractivity (Wildman–Crippen MR) is 169 cm³/mol. The molecule has 40 heavy (non-hydrogen) atoms. The summed E-state index contributed by atoms with van der Waals surface area (Å²) < 4.78 is 6.31. The fourth-order valence-corrected chi connectivity index (χ4v) is 6.73. The summed E-state index contributed by atoms with van der Waals surface area (Å²) in [4.78, 5) is 2.33. The largest absolute Gasteiger partial charge is 0.453 e. The summed E-state index contributed by atoms with van der Waals surface area (Å²) in [5, 5.41) is 12.9. The van der Waals surface area contributed by atoms with E-state index in [9.17, 15) is 0 Å². The summed E-state index contributed by atoms with van der Waals surface area (Å²) in [5.41, 5.74) is 3.20. The van der Waals surface area contributed by atoms with Crippen LogP contribution in [-0.2, 0) is 0 Å². The Balaban J connectivity index is 1.48. The van der Waals surface area contributed by atoms with Crippen molar-refractivity contribution in [1.29, 1.82) is 0 Å². The van der Waals surface area contributed by atoms with Gasteiger partial charge in [0.15, 0.2) is 11.5 Å². The molecule has 9 rings (SSSR count). The Morgan fingerprint density at radius 1 is 0.350 bits per heavy atom. The lowest BCUT2D eigenvalue weighted by atomic mass is 9.87. The minimum atomic E-state index is 0.862. The van der Waals surface area contributed by atoms with Crippen molar-refractivity contribution in [3.63, 3.8) is 0 Å². The van der Waals surface area contributed by atoms with Gasteiger partial charge in [0.05, 0.1) is 11.4 Å². The van der Waals surface area contributed by atoms with Crippen molar-refractivity contribution in [1.82, 2.24) is 0 Å². The van der Waals surface area contributed by atoms with Crippen molar-refractivity contribution in [2.24, 2.45) is 0 Å². The molecule has 0 radical (unpaired) electrons. The van der Waals surface area contributed by atoms with Crippen LogP contribution in [0.1, 0.15) is 0 Å². The third-order valence-corrected chi connectivity index (χ3v) is 8.38. The molecule has 0 spiro atoms. The maximum atomic E-state index is 6.31.